The molecule has 4 heteroatoms. The first kappa shape index (κ1) is 15.8. The van der Waals surface area contributed by atoms with Crippen LogP contribution in [-0.4, -0.2) is 32.1 Å². The number of carbonyl (C=O) groups excluding carboxylic acids is 1. The average molecular weight is 290 g/mol. The van der Waals surface area contributed by atoms with Crippen molar-refractivity contribution < 1.29 is 9.53 Å². The second-order valence-corrected chi connectivity index (χ2v) is 6.09. The summed E-state index contributed by atoms with van der Waals surface area (Å²) in [5, 5.41) is 6.44. The van der Waals surface area contributed by atoms with Crippen LogP contribution in [0.25, 0.3) is 0 Å². The zero-order chi connectivity index (χ0) is 15.1. The molecule has 1 amide bonds. The van der Waals surface area contributed by atoms with Gasteiger partial charge < -0.3 is 15.4 Å². The molecule has 1 aliphatic rings. The Hall–Kier alpha value is -1.55. The fourth-order valence-corrected chi connectivity index (χ4v) is 2.64. The Morgan fingerprint density at radius 3 is 2.57 bits per heavy atom. The number of hydrogen-bond acceptors (Lipinski definition) is 3. The van der Waals surface area contributed by atoms with Gasteiger partial charge in [0.05, 0.1) is 13.0 Å². The van der Waals surface area contributed by atoms with Gasteiger partial charge in [-0.1, -0.05) is 19.1 Å². The van der Waals surface area contributed by atoms with Crippen LogP contribution in [0, 0.1) is 5.41 Å². The topological polar surface area (TPSA) is 50.4 Å². The molecule has 0 saturated carbocycles. The van der Waals surface area contributed by atoms with Crippen LogP contribution in [0.4, 0.5) is 0 Å². The van der Waals surface area contributed by atoms with E-state index in [0.717, 1.165) is 43.8 Å². The third kappa shape index (κ3) is 5.05. The highest BCUT2D eigenvalue weighted by molar-refractivity contribution is 5.78. The molecule has 0 unspecified atom stereocenters. The molecule has 0 bridgehead atoms. The van der Waals surface area contributed by atoms with Gasteiger partial charge >= 0.3 is 0 Å². The lowest BCUT2D eigenvalue weighted by molar-refractivity contribution is -0.121. The third-order valence-electron chi connectivity index (χ3n) is 4.12. The summed E-state index contributed by atoms with van der Waals surface area (Å²) in [5.41, 5.74) is 1.26. The quantitative estimate of drug-likeness (QED) is 0.844. The molecule has 0 aliphatic carbocycles. The molecule has 116 valence electrons. The van der Waals surface area contributed by atoms with Gasteiger partial charge in [-0.15, -0.1) is 0 Å². The molecule has 1 aliphatic heterocycles. The molecule has 0 atom stereocenters. The number of piperidine rings is 1. The van der Waals surface area contributed by atoms with E-state index in [9.17, 15) is 4.79 Å². The van der Waals surface area contributed by atoms with Crippen molar-refractivity contribution in [2.45, 2.75) is 33.1 Å². The van der Waals surface area contributed by atoms with Crippen LogP contribution in [0.15, 0.2) is 24.3 Å². The first-order chi connectivity index (χ1) is 10.1. The zero-order valence-corrected chi connectivity index (χ0v) is 13.1. The van der Waals surface area contributed by atoms with Crippen LogP contribution in [0.1, 0.15) is 32.3 Å². The van der Waals surface area contributed by atoms with Gasteiger partial charge in [-0.3, -0.25) is 4.79 Å². The molecular weight excluding hydrogens is 264 g/mol. The molecule has 1 aromatic rings. The molecule has 0 aromatic heterocycles. The summed E-state index contributed by atoms with van der Waals surface area (Å²) in [6.45, 7) is 7.74. The first-order valence-corrected chi connectivity index (χ1v) is 7.80. The molecular formula is C17H26N2O2. The third-order valence-corrected chi connectivity index (χ3v) is 4.12. The summed E-state index contributed by atoms with van der Waals surface area (Å²) in [4.78, 5) is 12.0. The van der Waals surface area contributed by atoms with Gasteiger partial charge in [0, 0.05) is 6.54 Å². The molecule has 1 saturated heterocycles. The van der Waals surface area contributed by atoms with Crippen molar-refractivity contribution >= 4 is 5.91 Å². The largest absolute Gasteiger partial charge is 0.494 e. The number of nitrogens with one attached hydrogen (secondary N) is 2. The number of hydrogen-bond donors (Lipinski definition) is 2. The maximum absolute atomic E-state index is 12.0. The van der Waals surface area contributed by atoms with Crippen LogP contribution >= 0.6 is 0 Å². The van der Waals surface area contributed by atoms with E-state index in [1.165, 1.54) is 0 Å². The Balaban J connectivity index is 1.78. The van der Waals surface area contributed by atoms with Gasteiger partial charge in [-0.25, -0.2) is 0 Å². The van der Waals surface area contributed by atoms with Crippen molar-refractivity contribution in [2.75, 3.05) is 26.2 Å². The lowest BCUT2D eigenvalue weighted by atomic mass is 9.81. The van der Waals surface area contributed by atoms with E-state index < -0.39 is 0 Å². The van der Waals surface area contributed by atoms with Crippen LogP contribution < -0.4 is 15.4 Å². The molecule has 1 aromatic carbocycles. The Bertz CT molecular complexity index is 450. The van der Waals surface area contributed by atoms with Crippen molar-refractivity contribution in [3.63, 3.8) is 0 Å². The molecule has 21 heavy (non-hydrogen) atoms. The summed E-state index contributed by atoms with van der Waals surface area (Å²) in [6.07, 6.45) is 2.67. The minimum Gasteiger partial charge on any atom is -0.494 e. The SMILES string of the molecule is CCOc1ccc(CC(=O)NCC2(C)CCNCC2)cc1. The predicted octanol–water partition coefficient (Wildman–Crippen LogP) is 2.13. The second kappa shape index (κ2) is 7.46. The monoisotopic (exact) mass is 290 g/mol. The highest BCUT2D eigenvalue weighted by Crippen LogP contribution is 2.26. The zero-order valence-electron chi connectivity index (χ0n) is 13.1. The van der Waals surface area contributed by atoms with Crippen LogP contribution in [-0.2, 0) is 11.2 Å². The van der Waals surface area contributed by atoms with Crippen molar-refractivity contribution in [3.05, 3.63) is 29.8 Å². The van der Waals surface area contributed by atoms with Gasteiger partial charge in [0.15, 0.2) is 0 Å². The highest BCUT2D eigenvalue weighted by Gasteiger charge is 2.26. The molecule has 0 spiro atoms. The Morgan fingerprint density at radius 1 is 1.29 bits per heavy atom. The van der Waals surface area contributed by atoms with Gasteiger partial charge in [-0.05, 0) is 56.0 Å². The van der Waals surface area contributed by atoms with Crippen LogP contribution in [0.3, 0.4) is 0 Å². The van der Waals surface area contributed by atoms with E-state index in [1.54, 1.807) is 0 Å². The van der Waals surface area contributed by atoms with Crippen LogP contribution in [0.2, 0.25) is 0 Å². The molecule has 1 fully saturated rings. The molecule has 2 N–H and O–H groups in total. The number of amides is 1. The first-order valence-electron chi connectivity index (χ1n) is 7.80. The maximum atomic E-state index is 12.0. The standard InChI is InChI=1S/C17H26N2O2/c1-3-21-15-6-4-14(5-7-15)12-16(20)19-13-17(2)8-10-18-11-9-17/h4-7,18H,3,8-13H2,1-2H3,(H,19,20). The maximum Gasteiger partial charge on any atom is 0.224 e. The Labute approximate surface area is 127 Å². The van der Waals surface area contributed by atoms with Crippen molar-refractivity contribution in [1.29, 1.82) is 0 Å². The van der Waals surface area contributed by atoms with E-state index in [0.29, 0.717) is 13.0 Å². The lowest BCUT2D eigenvalue weighted by Crippen LogP contribution is -2.43. The van der Waals surface area contributed by atoms with Crippen LogP contribution in [0.5, 0.6) is 5.75 Å². The van der Waals surface area contributed by atoms with Crippen molar-refractivity contribution in [2.24, 2.45) is 5.41 Å². The number of carbonyl (C=O) groups is 1. The van der Waals surface area contributed by atoms with Crippen molar-refractivity contribution in [1.82, 2.24) is 10.6 Å². The van der Waals surface area contributed by atoms with E-state index in [-0.39, 0.29) is 11.3 Å². The number of ether oxygens (including phenoxy) is 1. The Morgan fingerprint density at radius 2 is 1.95 bits per heavy atom. The Kier molecular flexibility index (Phi) is 5.62. The smallest absolute Gasteiger partial charge is 0.224 e. The molecule has 0 radical (unpaired) electrons. The fourth-order valence-electron chi connectivity index (χ4n) is 2.64. The second-order valence-electron chi connectivity index (χ2n) is 6.09. The normalized spacial score (nSPS) is 17.2. The van der Waals surface area contributed by atoms with E-state index in [2.05, 4.69) is 17.6 Å². The minimum absolute atomic E-state index is 0.0962. The highest BCUT2D eigenvalue weighted by atomic mass is 16.5. The summed E-state index contributed by atoms with van der Waals surface area (Å²) in [6, 6.07) is 7.74. The number of rotatable bonds is 6. The number of benzene rings is 1. The van der Waals surface area contributed by atoms with E-state index in [1.807, 2.05) is 31.2 Å². The summed E-state index contributed by atoms with van der Waals surface area (Å²) in [7, 11) is 0. The summed E-state index contributed by atoms with van der Waals surface area (Å²) < 4.78 is 5.40. The van der Waals surface area contributed by atoms with Gasteiger partial charge in [0.25, 0.3) is 0 Å². The summed E-state index contributed by atoms with van der Waals surface area (Å²) >= 11 is 0. The van der Waals surface area contributed by atoms with Crippen molar-refractivity contribution in [3.8, 4) is 5.75 Å². The summed E-state index contributed by atoms with van der Waals surface area (Å²) in [5.74, 6) is 0.947. The van der Waals surface area contributed by atoms with Gasteiger partial charge in [0.2, 0.25) is 5.91 Å². The molecule has 1 heterocycles. The van der Waals surface area contributed by atoms with E-state index >= 15 is 0 Å². The molecule has 2 rings (SSSR count). The minimum atomic E-state index is 0.0962. The fraction of sp³-hybridized carbons (Fsp3) is 0.588. The van der Waals surface area contributed by atoms with Gasteiger partial charge in [-0.2, -0.15) is 0 Å². The molecule has 4 nitrogen and oxygen atoms in total. The van der Waals surface area contributed by atoms with Gasteiger partial charge in [0.1, 0.15) is 5.75 Å². The lowest BCUT2D eigenvalue weighted by Gasteiger charge is -2.34. The van der Waals surface area contributed by atoms with E-state index in [4.69, 9.17) is 4.74 Å². The average Bonchev–Trinajstić information content (AvgIpc) is 2.49. The predicted molar refractivity (Wildman–Crippen MR) is 84.5 cm³/mol.